The fraction of sp³-hybridized carbons (Fsp3) is 0.150. The monoisotopic (exact) mass is 411 g/mol. The molecule has 0 aliphatic carbocycles. The van der Waals surface area contributed by atoms with Gasteiger partial charge in [-0.15, -0.1) is 0 Å². The van der Waals surface area contributed by atoms with Gasteiger partial charge < -0.3 is 26.0 Å². The van der Waals surface area contributed by atoms with Crippen molar-refractivity contribution in [1.29, 1.82) is 0 Å². The highest BCUT2D eigenvalue weighted by Gasteiger charge is 2.19. The summed E-state index contributed by atoms with van der Waals surface area (Å²) in [5.41, 5.74) is 7.63. The lowest BCUT2D eigenvalue weighted by Crippen LogP contribution is -2.17. The van der Waals surface area contributed by atoms with E-state index in [1.807, 2.05) is 43.3 Å². The van der Waals surface area contributed by atoms with E-state index in [2.05, 4.69) is 15.6 Å². The van der Waals surface area contributed by atoms with Crippen LogP contribution in [0.5, 0.6) is 5.75 Å². The van der Waals surface area contributed by atoms with Gasteiger partial charge in [0.05, 0.1) is 7.11 Å². The zero-order valence-corrected chi connectivity index (χ0v) is 17.0. The second kappa shape index (κ2) is 8.61. The minimum atomic E-state index is -0.720. The van der Waals surface area contributed by atoms with Gasteiger partial charge in [-0.1, -0.05) is 11.3 Å². The van der Waals surface area contributed by atoms with Crippen LogP contribution in [0.25, 0.3) is 0 Å². The van der Waals surface area contributed by atoms with Crippen molar-refractivity contribution < 1.29 is 14.3 Å². The molecule has 0 bridgehead atoms. The van der Waals surface area contributed by atoms with E-state index in [1.54, 1.807) is 31.4 Å². The molecular weight excluding hydrogens is 390 g/mol. The molecule has 0 atom stereocenters. The Kier molecular flexibility index (Phi) is 5.99. The fourth-order valence-corrected chi connectivity index (χ4v) is 3.40. The summed E-state index contributed by atoms with van der Waals surface area (Å²) in [5.74, 6) is -0.347. The molecule has 0 aliphatic heterocycles. The molecule has 150 valence electrons. The van der Waals surface area contributed by atoms with Crippen LogP contribution in [0.15, 0.2) is 48.5 Å². The van der Waals surface area contributed by atoms with Gasteiger partial charge in [0.25, 0.3) is 11.8 Å². The van der Waals surface area contributed by atoms with E-state index in [1.165, 1.54) is 0 Å². The number of thiazole rings is 1. The maximum Gasteiger partial charge on any atom is 0.270 e. The highest BCUT2D eigenvalue weighted by atomic mass is 32.1. The van der Waals surface area contributed by atoms with Crippen LogP contribution >= 0.6 is 11.3 Å². The Balaban J connectivity index is 1.78. The predicted octanol–water partition coefficient (Wildman–Crippen LogP) is 3.31. The van der Waals surface area contributed by atoms with E-state index in [0.29, 0.717) is 10.7 Å². The molecule has 29 heavy (non-hydrogen) atoms. The number of ether oxygens (including phenoxy) is 1. The highest BCUT2D eigenvalue weighted by molar-refractivity contribution is 7.20. The lowest BCUT2D eigenvalue weighted by atomic mass is 10.2. The van der Waals surface area contributed by atoms with Gasteiger partial charge in [-0.05, 0) is 48.5 Å². The number of carbonyl (C=O) groups is 2. The Bertz CT molecular complexity index is 1010. The third kappa shape index (κ3) is 4.82. The molecule has 0 saturated heterocycles. The highest BCUT2D eigenvalue weighted by Crippen LogP contribution is 2.31. The number of aromatic nitrogens is 1. The topological polar surface area (TPSA) is 110 Å². The fourth-order valence-electron chi connectivity index (χ4n) is 2.51. The first kappa shape index (κ1) is 20.2. The van der Waals surface area contributed by atoms with Crippen LogP contribution in [0.1, 0.15) is 20.8 Å². The van der Waals surface area contributed by atoms with Crippen molar-refractivity contribution in [3.05, 3.63) is 59.8 Å². The van der Waals surface area contributed by atoms with Crippen molar-refractivity contribution in [2.24, 2.45) is 5.73 Å². The molecule has 0 unspecified atom stereocenters. The van der Waals surface area contributed by atoms with E-state index in [-0.39, 0.29) is 16.6 Å². The number of rotatable bonds is 7. The summed E-state index contributed by atoms with van der Waals surface area (Å²) >= 11 is 1.13. The largest absolute Gasteiger partial charge is 0.497 e. The molecule has 3 rings (SSSR count). The van der Waals surface area contributed by atoms with Crippen LogP contribution in [0.2, 0.25) is 0 Å². The van der Waals surface area contributed by atoms with E-state index in [9.17, 15) is 9.59 Å². The lowest BCUT2D eigenvalue weighted by Gasteiger charge is -2.12. The number of carbonyl (C=O) groups excluding carboxylic acids is 2. The summed E-state index contributed by atoms with van der Waals surface area (Å²) in [6.45, 7) is 0. The molecule has 4 N–H and O–H groups in total. The zero-order valence-electron chi connectivity index (χ0n) is 16.2. The van der Waals surface area contributed by atoms with Gasteiger partial charge in [-0.25, -0.2) is 4.98 Å². The Hall–Kier alpha value is -3.59. The van der Waals surface area contributed by atoms with Gasteiger partial charge in [-0.3, -0.25) is 9.59 Å². The Morgan fingerprint density at radius 2 is 1.72 bits per heavy atom. The molecule has 2 aromatic carbocycles. The molecule has 0 radical (unpaired) electrons. The normalized spacial score (nSPS) is 10.3. The maximum absolute atomic E-state index is 12.6. The summed E-state index contributed by atoms with van der Waals surface area (Å²) < 4.78 is 5.13. The summed E-state index contributed by atoms with van der Waals surface area (Å²) in [7, 11) is 5.43. The van der Waals surface area contributed by atoms with E-state index in [0.717, 1.165) is 28.5 Å². The smallest absolute Gasteiger partial charge is 0.270 e. The number of amides is 2. The average molecular weight is 411 g/mol. The minimum absolute atomic E-state index is 0.00396. The van der Waals surface area contributed by atoms with Crippen LogP contribution in [0.3, 0.4) is 0 Å². The molecule has 0 fully saturated rings. The number of hydrogen-bond donors (Lipinski definition) is 3. The zero-order chi connectivity index (χ0) is 21.0. The number of nitrogens with two attached hydrogens (primary N) is 1. The molecule has 1 heterocycles. The Morgan fingerprint density at radius 3 is 2.28 bits per heavy atom. The SMILES string of the molecule is COc1ccc(Nc2nc(C(N)=O)c(NC(=O)c3ccc(N(C)C)cc3)s2)cc1. The summed E-state index contributed by atoms with van der Waals surface area (Å²) in [6, 6.07) is 14.3. The number of primary amides is 1. The van der Waals surface area contributed by atoms with Crippen molar-refractivity contribution in [2.75, 3.05) is 36.7 Å². The predicted molar refractivity (Wildman–Crippen MR) is 116 cm³/mol. The Labute approximate surface area is 172 Å². The second-order valence-corrected chi connectivity index (χ2v) is 7.31. The van der Waals surface area contributed by atoms with Gasteiger partial charge in [-0.2, -0.15) is 0 Å². The molecule has 8 nitrogen and oxygen atoms in total. The third-order valence-corrected chi connectivity index (χ3v) is 4.96. The number of anilines is 4. The minimum Gasteiger partial charge on any atom is -0.497 e. The van der Waals surface area contributed by atoms with E-state index in [4.69, 9.17) is 10.5 Å². The molecule has 2 amide bonds. The molecule has 0 saturated carbocycles. The number of nitrogens with zero attached hydrogens (tertiary/aromatic N) is 2. The van der Waals surface area contributed by atoms with E-state index < -0.39 is 5.91 Å². The third-order valence-electron chi connectivity index (χ3n) is 4.07. The van der Waals surface area contributed by atoms with Crippen molar-refractivity contribution >= 4 is 44.7 Å². The van der Waals surface area contributed by atoms with Gasteiger partial charge in [0.1, 0.15) is 10.8 Å². The van der Waals surface area contributed by atoms with Crippen LogP contribution in [-0.4, -0.2) is 38.0 Å². The molecule has 0 spiro atoms. The number of hydrogen-bond acceptors (Lipinski definition) is 7. The van der Waals surface area contributed by atoms with Crippen molar-refractivity contribution in [3.8, 4) is 5.75 Å². The lowest BCUT2D eigenvalue weighted by molar-refractivity contribution is 0.0997. The summed E-state index contributed by atoms with van der Waals surface area (Å²) in [5, 5.41) is 6.53. The van der Waals surface area contributed by atoms with Crippen LogP contribution in [0.4, 0.5) is 21.5 Å². The Morgan fingerprint density at radius 1 is 1.07 bits per heavy atom. The van der Waals surface area contributed by atoms with Gasteiger partial charge in [0.2, 0.25) is 0 Å². The molecule has 3 aromatic rings. The summed E-state index contributed by atoms with van der Waals surface area (Å²) in [4.78, 5) is 30.5. The first-order valence-corrected chi connectivity index (χ1v) is 9.49. The standard InChI is InChI=1S/C20H21N5O3S/c1-25(2)14-8-4-12(5-9-14)18(27)24-19-16(17(21)26)23-20(29-19)22-13-6-10-15(28-3)11-7-13/h4-11H,1-3H3,(H2,21,26)(H,22,23)(H,24,27). The van der Waals surface area contributed by atoms with Crippen molar-refractivity contribution in [1.82, 2.24) is 4.98 Å². The van der Waals surface area contributed by atoms with Gasteiger partial charge >= 0.3 is 0 Å². The molecule has 9 heteroatoms. The number of methoxy groups -OCH3 is 1. The second-order valence-electron chi connectivity index (χ2n) is 6.31. The molecule has 0 aliphatic rings. The average Bonchev–Trinajstić information content (AvgIpc) is 3.11. The van der Waals surface area contributed by atoms with Gasteiger partial charge in [0.15, 0.2) is 10.8 Å². The van der Waals surface area contributed by atoms with Crippen LogP contribution in [-0.2, 0) is 0 Å². The van der Waals surface area contributed by atoms with Crippen LogP contribution in [0, 0.1) is 0 Å². The maximum atomic E-state index is 12.6. The number of benzene rings is 2. The molecular formula is C20H21N5O3S. The van der Waals surface area contributed by atoms with Crippen molar-refractivity contribution in [2.45, 2.75) is 0 Å². The van der Waals surface area contributed by atoms with Crippen LogP contribution < -0.4 is 26.0 Å². The molecule has 1 aromatic heterocycles. The quantitative estimate of drug-likeness (QED) is 0.550. The van der Waals surface area contributed by atoms with Gasteiger partial charge in [0, 0.05) is 31.0 Å². The first-order valence-electron chi connectivity index (χ1n) is 8.68. The van der Waals surface area contributed by atoms with E-state index >= 15 is 0 Å². The number of nitrogens with one attached hydrogen (secondary N) is 2. The summed E-state index contributed by atoms with van der Waals surface area (Å²) in [6.07, 6.45) is 0. The first-order chi connectivity index (χ1) is 13.9. The van der Waals surface area contributed by atoms with Crippen molar-refractivity contribution in [3.63, 3.8) is 0 Å².